The van der Waals surface area contributed by atoms with Crippen LogP contribution < -0.4 is 4.74 Å². The Bertz CT molecular complexity index is 1250. The molecule has 0 bridgehead atoms. The summed E-state index contributed by atoms with van der Waals surface area (Å²) in [6.45, 7) is 11.2. The van der Waals surface area contributed by atoms with E-state index in [1.54, 1.807) is 0 Å². The number of H-pyrrole nitrogens is 2. The Kier molecular flexibility index (Phi) is 5.48. The fourth-order valence-electron chi connectivity index (χ4n) is 4.91. The Morgan fingerprint density at radius 3 is 2.19 bits per heavy atom. The SMILES string of the molecule is COc1c(F)cc(Cc2[nH]c(=S)[nH]c2O)cc1-c1cc2c(cc1C)C(C)(C)CCC2(C)C. The Labute approximate surface area is 193 Å². The number of aryl methyl sites for hydroxylation is 1. The summed E-state index contributed by atoms with van der Waals surface area (Å²) >= 11 is 5.05. The predicted molar refractivity (Wildman–Crippen MR) is 129 cm³/mol. The molecule has 0 spiro atoms. The van der Waals surface area contributed by atoms with Crippen LogP contribution >= 0.6 is 12.2 Å². The van der Waals surface area contributed by atoms with Gasteiger partial charge in [-0.1, -0.05) is 33.8 Å². The number of rotatable bonds is 4. The quantitative estimate of drug-likeness (QED) is 0.378. The van der Waals surface area contributed by atoms with Gasteiger partial charge in [0.1, 0.15) is 0 Å². The number of fused-ring (bicyclic) bond motifs is 1. The van der Waals surface area contributed by atoms with Gasteiger partial charge in [-0.3, -0.25) is 0 Å². The molecule has 1 heterocycles. The second-order valence-corrected chi connectivity index (χ2v) is 10.6. The van der Waals surface area contributed by atoms with Gasteiger partial charge in [-0.2, -0.15) is 0 Å². The number of halogens is 1. The molecule has 0 unspecified atom stereocenters. The number of aromatic nitrogens is 2. The van der Waals surface area contributed by atoms with Crippen molar-refractivity contribution in [3.8, 4) is 22.8 Å². The number of hydrogen-bond donors (Lipinski definition) is 3. The average molecular weight is 455 g/mol. The molecule has 2 aromatic carbocycles. The van der Waals surface area contributed by atoms with E-state index in [9.17, 15) is 5.11 Å². The van der Waals surface area contributed by atoms with Crippen LogP contribution in [0.2, 0.25) is 0 Å². The minimum absolute atomic E-state index is 0.0262. The van der Waals surface area contributed by atoms with Crippen molar-refractivity contribution < 1.29 is 14.2 Å². The number of aromatic hydroxyl groups is 1. The second kappa shape index (κ2) is 7.77. The van der Waals surface area contributed by atoms with Gasteiger partial charge in [-0.15, -0.1) is 0 Å². The van der Waals surface area contributed by atoms with Crippen LogP contribution in [0, 0.1) is 17.5 Å². The minimum Gasteiger partial charge on any atom is -0.493 e. The van der Waals surface area contributed by atoms with E-state index >= 15 is 4.39 Å². The largest absolute Gasteiger partial charge is 0.493 e. The molecule has 1 aromatic heterocycles. The van der Waals surface area contributed by atoms with Gasteiger partial charge < -0.3 is 19.8 Å². The molecule has 4 nitrogen and oxygen atoms in total. The number of benzene rings is 2. The van der Waals surface area contributed by atoms with Crippen molar-refractivity contribution in [2.24, 2.45) is 0 Å². The molecule has 4 rings (SSSR count). The molecule has 1 aliphatic rings. The van der Waals surface area contributed by atoms with E-state index < -0.39 is 5.82 Å². The van der Waals surface area contributed by atoms with Crippen molar-refractivity contribution in [2.45, 2.75) is 64.7 Å². The van der Waals surface area contributed by atoms with E-state index in [1.165, 1.54) is 24.3 Å². The highest BCUT2D eigenvalue weighted by atomic mass is 32.1. The Morgan fingerprint density at radius 1 is 1.00 bits per heavy atom. The standard InChI is InChI=1S/C26H31FN2O2S/c1-14-9-18-19(26(4,5)8-7-25(18,2)3)13-16(14)17-10-15(11-20(27)22(17)31-6)12-21-23(30)29-24(32)28-21/h9-11,13,30H,7-8,12H2,1-6H3,(H2,28,29,32). The molecule has 0 radical (unpaired) electrons. The van der Waals surface area contributed by atoms with E-state index in [0.29, 0.717) is 16.9 Å². The lowest BCUT2D eigenvalue weighted by Crippen LogP contribution is -2.34. The first kappa shape index (κ1) is 22.6. The first-order valence-electron chi connectivity index (χ1n) is 11.0. The minimum atomic E-state index is -0.426. The summed E-state index contributed by atoms with van der Waals surface area (Å²) in [5.74, 6) is -0.219. The highest BCUT2D eigenvalue weighted by Crippen LogP contribution is 2.48. The highest BCUT2D eigenvalue weighted by molar-refractivity contribution is 7.71. The van der Waals surface area contributed by atoms with Gasteiger partial charge in [-0.05, 0) is 88.8 Å². The van der Waals surface area contributed by atoms with Gasteiger partial charge in [0, 0.05) is 12.0 Å². The second-order valence-electron chi connectivity index (χ2n) is 10.2. The van der Waals surface area contributed by atoms with Crippen LogP contribution in [0.3, 0.4) is 0 Å². The smallest absolute Gasteiger partial charge is 0.210 e. The van der Waals surface area contributed by atoms with Crippen molar-refractivity contribution in [3.63, 3.8) is 0 Å². The first-order chi connectivity index (χ1) is 14.9. The van der Waals surface area contributed by atoms with E-state index in [4.69, 9.17) is 17.0 Å². The number of ether oxygens (including phenoxy) is 1. The van der Waals surface area contributed by atoms with Crippen molar-refractivity contribution >= 4 is 12.2 Å². The van der Waals surface area contributed by atoms with Crippen molar-refractivity contribution in [3.05, 3.63) is 62.8 Å². The van der Waals surface area contributed by atoms with Gasteiger partial charge >= 0.3 is 0 Å². The third kappa shape index (κ3) is 3.85. The van der Waals surface area contributed by atoms with Gasteiger partial charge in [0.25, 0.3) is 0 Å². The van der Waals surface area contributed by atoms with Crippen molar-refractivity contribution in [2.75, 3.05) is 7.11 Å². The normalized spacial score (nSPS) is 16.6. The van der Waals surface area contributed by atoms with E-state index in [0.717, 1.165) is 35.1 Å². The first-order valence-corrected chi connectivity index (χ1v) is 11.4. The van der Waals surface area contributed by atoms with Crippen LogP contribution in [0.15, 0.2) is 24.3 Å². The number of hydrogen-bond acceptors (Lipinski definition) is 3. The molecule has 1 aliphatic carbocycles. The highest BCUT2D eigenvalue weighted by Gasteiger charge is 2.37. The number of imidazole rings is 1. The molecule has 0 saturated heterocycles. The third-order valence-electron chi connectivity index (χ3n) is 6.96. The van der Waals surface area contributed by atoms with Gasteiger partial charge in [0.15, 0.2) is 16.3 Å². The number of nitrogens with one attached hydrogen (secondary N) is 2. The van der Waals surface area contributed by atoms with Crippen LogP contribution in [0.25, 0.3) is 11.1 Å². The molecule has 0 aliphatic heterocycles. The maximum Gasteiger partial charge on any atom is 0.210 e. The van der Waals surface area contributed by atoms with Crippen LogP contribution in [0.4, 0.5) is 4.39 Å². The van der Waals surface area contributed by atoms with Crippen LogP contribution in [0.5, 0.6) is 11.6 Å². The van der Waals surface area contributed by atoms with Crippen LogP contribution in [-0.4, -0.2) is 22.2 Å². The Hall–Kier alpha value is -2.60. The topological polar surface area (TPSA) is 61.0 Å². The van der Waals surface area contributed by atoms with E-state index in [-0.39, 0.29) is 22.5 Å². The van der Waals surface area contributed by atoms with Gasteiger partial charge in [0.2, 0.25) is 5.88 Å². The molecule has 32 heavy (non-hydrogen) atoms. The molecule has 0 atom stereocenters. The summed E-state index contributed by atoms with van der Waals surface area (Å²) in [5.41, 5.74) is 6.86. The molecule has 3 N–H and O–H groups in total. The van der Waals surface area contributed by atoms with Crippen molar-refractivity contribution in [1.82, 2.24) is 9.97 Å². The maximum absolute atomic E-state index is 15.1. The predicted octanol–water partition coefficient (Wildman–Crippen LogP) is 6.84. The fourth-order valence-corrected chi connectivity index (χ4v) is 5.13. The lowest BCUT2D eigenvalue weighted by molar-refractivity contribution is 0.332. The Morgan fingerprint density at radius 2 is 1.62 bits per heavy atom. The molecule has 0 fully saturated rings. The van der Waals surface area contributed by atoms with Gasteiger partial charge in [-0.25, -0.2) is 4.39 Å². The maximum atomic E-state index is 15.1. The molecular weight excluding hydrogens is 423 g/mol. The summed E-state index contributed by atoms with van der Waals surface area (Å²) in [6, 6.07) is 7.89. The summed E-state index contributed by atoms with van der Waals surface area (Å²) in [4.78, 5) is 5.60. The molecule has 3 aromatic rings. The Balaban J connectivity index is 1.90. The molecule has 170 valence electrons. The number of aromatic amines is 2. The molecule has 6 heteroatoms. The zero-order valence-electron chi connectivity index (χ0n) is 19.6. The fraction of sp³-hybridized carbons (Fsp3) is 0.423. The zero-order valence-corrected chi connectivity index (χ0v) is 20.4. The van der Waals surface area contributed by atoms with E-state index in [2.05, 4.69) is 56.7 Å². The molecule has 0 amide bonds. The summed E-state index contributed by atoms with van der Waals surface area (Å²) in [6.07, 6.45) is 2.56. The summed E-state index contributed by atoms with van der Waals surface area (Å²) in [5, 5.41) is 10.1. The van der Waals surface area contributed by atoms with E-state index in [1.807, 2.05) is 6.07 Å². The molecular formula is C26H31FN2O2S. The molecule has 0 saturated carbocycles. The zero-order chi connectivity index (χ0) is 23.4. The lowest BCUT2D eigenvalue weighted by atomic mass is 9.62. The monoisotopic (exact) mass is 454 g/mol. The third-order valence-corrected chi connectivity index (χ3v) is 7.16. The lowest BCUT2D eigenvalue weighted by Gasteiger charge is -2.42. The summed E-state index contributed by atoms with van der Waals surface area (Å²) < 4.78 is 21.0. The van der Waals surface area contributed by atoms with Crippen molar-refractivity contribution in [1.29, 1.82) is 0 Å². The van der Waals surface area contributed by atoms with Gasteiger partial charge in [0.05, 0.1) is 12.8 Å². The average Bonchev–Trinajstić information content (AvgIpc) is 3.01. The van der Waals surface area contributed by atoms with Crippen LogP contribution in [-0.2, 0) is 17.3 Å². The summed E-state index contributed by atoms with van der Waals surface area (Å²) in [7, 11) is 1.50. The van der Waals surface area contributed by atoms with Crippen LogP contribution in [0.1, 0.15) is 68.5 Å². The number of methoxy groups -OCH3 is 1.